The molecule has 8 nitrogen and oxygen atoms in total. The maximum Gasteiger partial charge on any atom is 0.170 e. The molecule has 0 unspecified atom stereocenters. The summed E-state index contributed by atoms with van der Waals surface area (Å²) < 4.78 is 10.8. The van der Waals surface area contributed by atoms with Crippen molar-refractivity contribution in [3.05, 3.63) is 42.2 Å². The quantitative estimate of drug-likeness (QED) is 0.463. The second-order valence-electron chi connectivity index (χ2n) is 6.55. The van der Waals surface area contributed by atoms with Crippen LogP contribution in [0.2, 0.25) is 0 Å². The molecule has 146 valence electrons. The molecule has 1 aliphatic rings. The molecule has 3 heterocycles. The van der Waals surface area contributed by atoms with Gasteiger partial charge in [-0.2, -0.15) is 0 Å². The molecule has 1 fully saturated rings. The Balaban J connectivity index is 1.60. The van der Waals surface area contributed by atoms with Crippen LogP contribution < -0.4 is 25.4 Å². The number of methoxy groups -OCH3 is 2. The molecule has 2 aromatic heterocycles. The van der Waals surface area contributed by atoms with Gasteiger partial charge in [-0.15, -0.1) is 0 Å². The highest BCUT2D eigenvalue weighted by Crippen LogP contribution is 2.35. The normalized spacial score (nSPS) is 15.1. The number of rotatable bonds is 5. The van der Waals surface area contributed by atoms with Gasteiger partial charge in [-0.1, -0.05) is 0 Å². The van der Waals surface area contributed by atoms with Crippen LogP contribution >= 0.6 is 0 Å². The van der Waals surface area contributed by atoms with Crippen LogP contribution in [0.25, 0.3) is 10.9 Å². The van der Waals surface area contributed by atoms with Crippen molar-refractivity contribution in [2.24, 2.45) is 10.7 Å². The number of benzene rings is 1. The summed E-state index contributed by atoms with van der Waals surface area (Å²) in [7, 11) is 3.23. The maximum absolute atomic E-state index is 6.23. The lowest BCUT2D eigenvalue weighted by molar-refractivity contribution is 0.358. The van der Waals surface area contributed by atoms with Crippen LogP contribution in [0, 0.1) is 0 Å². The number of H-pyrrole nitrogens is 1. The first-order valence-electron chi connectivity index (χ1n) is 9.19. The SMILES string of the molecule is COc1ccc2[nH]c(C(N)=Nc3ccc(N4CCNCC4)nc3)cc2c1OC. The fourth-order valence-electron chi connectivity index (χ4n) is 3.39. The third-order valence-electron chi connectivity index (χ3n) is 4.84. The van der Waals surface area contributed by atoms with Gasteiger partial charge in [-0.05, 0) is 30.3 Å². The van der Waals surface area contributed by atoms with Gasteiger partial charge in [0.2, 0.25) is 0 Å². The van der Waals surface area contributed by atoms with Crippen LogP contribution in [-0.2, 0) is 0 Å². The minimum Gasteiger partial charge on any atom is -0.493 e. The number of aromatic nitrogens is 2. The predicted octanol–water partition coefficient (Wildman–Crippen LogP) is 2.03. The summed E-state index contributed by atoms with van der Waals surface area (Å²) in [5.41, 5.74) is 8.56. The van der Waals surface area contributed by atoms with E-state index in [-0.39, 0.29) is 0 Å². The van der Waals surface area contributed by atoms with Crippen LogP contribution in [0.3, 0.4) is 0 Å². The predicted molar refractivity (Wildman–Crippen MR) is 111 cm³/mol. The third kappa shape index (κ3) is 3.46. The number of hydrogen-bond acceptors (Lipinski definition) is 6. The summed E-state index contributed by atoms with van der Waals surface area (Å²) in [5, 5.41) is 4.23. The molecule has 8 heteroatoms. The molecular weight excluding hydrogens is 356 g/mol. The van der Waals surface area contributed by atoms with Gasteiger partial charge in [0, 0.05) is 37.1 Å². The Hall–Kier alpha value is -3.26. The van der Waals surface area contributed by atoms with E-state index < -0.39 is 0 Å². The Kier molecular flexibility index (Phi) is 5.03. The topological polar surface area (TPSA) is 101 Å². The molecule has 4 N–H and O–H groups in total. The van der Waals surface area contributed by atoms with E-state index in [2.05, 4.69) is 25.2 Å². The summed E-state index contributed by atoms with van der Waals surface area (Å²) in [6.07, 6.45) is 1.75. The molecule has 1 aliphatic heterocycles. The van der Waals surface area contributed by atoms with Crippen molar-refractivity contribution in [2.45, 2.75) is 0 Å². The van der Waals surface area contributed by atoms with Crippen molar-refractivity contribution in [1.82, 2.24) is 15.3 Å². The van der Waals surface area contributed by atoms with Crippen LogP contribution in [-0.4, -0.2) is 56.2 Å². The van der Waals surface area contributed by atoms with Crippen molar-refractivity contribution < 1.29 is 9.47 Å². The Morgan fingerprint density at radius 2 is 1.96 bits per heavy atom. The molecule has 28 heavy (non-hydrogen) atoms. The van der Waals surface area contributed by atoms with Gasteiger partial charge in [0.25, 0.3) is 0 Å². The smallest absolute Gasteiger partial charge is 0.170 e. The van der Waals surface area contributed by atoms with Crippen LogP contribution in [0.1, 0.15) is 5.69 Å². The largest absolute Gasteiger partial charge is 0.493 e. The summed E-state index contributed by atoms with van der Waals surface area (Å²) in [6.45, 7) is 3.86. The first-order chi connectivity index (χ1) is 13.7. The van der Waals surface area contributed by atoms with Crippen molar-refractivity contribution in [1.29, 1.82) is 0 Å². The van der Waals surface area contributed by atoms with Crippen molar-refractivity contribution >= 4 is 28.2 Å². The van der Waals surface area contributed by atoms with E-state index in [4.69, 9.17) is 15.2 Å². The van der Waals surface area contributed by atoms with Crippen molar-refractivity contribution in [3.63, 3.8) is 0 Å². The number of nitrogens with two attached hydrogens (primary N) is 1. The number of hydrogen-bond donors (Lipinski definition) is 3. The summed E-state index contributed by atoms with van der Waals surface area (Å²) >= 11 is 0. The number of fused-ring (bicyclic) bond motifs is 1. The number of amidine groups is 1. The molecule has 0 bridgehead atoms. The van der Waals surface area contributed by atoms with Gasteiger partial charge in [0.05, 0.1) is 31.8 Å². The zero-order chi connectivity index (χ0) is 19.5. The first-order valence-corrected chi connectivity index (χ1v) is 9.19. The molecule has 3 aromatic rings. The van der Waals surface area contributed by atoms with Gasteiger partial charge in [0.15, 0.2) is 11.5 Å². The highest BCUT2D eigenvalue weighted by atomic mass is 16.5. The molecule has 1 saturated heterocycles. The molecule has 4 rings (SSSR count). The van der Waals surface area contributed by atoms with Gasteiger partial charge in [-0.25, -0.2) is 9.98 Å². The van der Waals surface area contributed by atoms with E-state index in [9.17, 15) is 0 Å². The van der Waals surface area contributed by atoms with Crippen LogP contribution in [0.15, 0.2) is 41.5 Å². The van der Waals surface area contributed by atoms with E-state index >= 15 is 0 Å². The summed E-state index contributed by atoms with van der Waals surface area (Å²) in [4.78, 5) is 14.6. The van der Waals surface area contributed by atoms with Gasteiger partial charge >= 0.3 is 0 Å². The first kappa shape index (κ1) is 18.1. The van der Waals surface area contributed by atoms with E-state index in [1.807, 2.05) is 30.3 Å². The zero-order valence-electron chi connectivity index (χ0n) is 16.0. The van der Waals surface area contributed by atoms with Gasteiger partial charge in [0.1, 0.15) is 11.7 Å². The number of piperazine rings is 1. The molecule has 0 spiro atoms. The number of ether oxygens (including phenoxy) is 2. The molecule has 0 saturated carbocycles. The minimum absolute atomic E-state index is 0.383. The zero-order valence-corrected chi connectivity index (χ0v) is 16.0. The second-order valence-corrected chi connectivity index (χ2v) is 6.55. The van der Waals surface area contributed by atoms with Crippen LogP contribution in [0.4, 0.5) is 11.5 Å². The lowest BCUT2D eigenvalue weighted by Gasteiger charge is -2.28. The van der Waals surface area contributed by atoms with Crippen molar-refractivity contribution in [3.8, 4) is 11.5 Å². The van der Waals surface area contributed by atoms with Crippen LogP contribution in [0.5, 0.6) is 11.5 Å². The van der Waals surface area contributed by atoms with Gasteiger partial charge < -0.3 is 30.4 Å². The Bertz CT molecular complexity index is 990. The highest BCUT2D eigenvalue weighted by Gasteiger charge is 2.14. The number of nitrogens with zero attached hydrogens (tertiary/aromatic N) is 3. The molecule has 0 amide bonds. The molecular formula is C20H24N6O2. The molecule has 1 aromatic carbocycles. The molecule has 0 radical (unpaired) electrons. The number of anilines is 1. The number of nitrogens with one attached hydrogen (secondary N) is 2. The second kappa shape index (κ2) is 7.77. The highest BCUT2D eigenvalue weighted by molar-refractivity contribution is 6.03. The van der Waals surface area contributed by atoms with Crippen molar-refractivity contribution in [2.75, 3.05) is 45.3 Å². The fraction of sp³-hybridized carbons (Fsp3) is 0.300. The van der Waals surface area contributed by atoms with E-state index in [1.54, 1.807) is 20.4 Å². The third-order valence-corrected chi connectivity index (χ3v) is 4.84. The Morgan fingerprint density at radius 1 is 1.14 bits per heavy atom. The molecule has 0 aliphatic carbocycles. The summed E-state index contributed by atoms with van der Waals surface area (Å²) in [5.74, 6) is 2.68. The maximum atomic E-state index is 6.23. The average molecular weight is 380 g/mol. The van der Waals surface area contributed by atoms with E-state index in [1.165, 1.54) is 0 Å². The lowest BCUT2D eigenvalue weighted by Crippen LogP contribution is -2.43. The average Bonchev–Trinajstić information content (AvgIpc) is 3.18. The fourth-order valence-corrected chi connectivity index (χ4v) is 3.39. The lowest BCUT2D eigenvalue weighted by atomic mass is 10.2. The minimum atomic E-state index is 0.383. The monoisotopic (exact) mass is 380 g/mol. The van der Waals surface area contributed by atoms with Gasteiger partial charge in [-0.3, -0.25) is 0 Å². The Labute approximate surface area is 163 Å². The van der Waals surface area contributed by atoms with E-state index in [0.717, 1.165) is 42.9 Å². The number of pyridine rings is 1. The Morgan fingerprint density at radius 3 is 2.64 bits per heavy atom. The number of aromatic amines is 1. The standard InChI is InChI=1S/C20H24N6O2/c1-27-17-5-4-15-14(19(17)28-2)11-16(25-15)20(21)24-13-3-6-18(23-12-13)26-9-7-22-8-10-26/h3-6,11-12,22,25H,7-10H2,1-2H3,(H2,21,24). The summed E-state index contributed by atoms with van der Waals surface area (Å²) in [6, 6.07) is 9.61. The molecule has 0 atom stereocenters. The van der Waals surface area contributed by atoms with E-state index in [0.29, 0.717) is 28.7 Å². The number of aliphatic imine (C=N–C) groups is 1.